The third-order valence-electron chi connectivity index (χ3n) is 2.99. The zero-order chi connectivity index (χ0) is 15.2. The van der Waals surface area contributed by atoms with Crippen LogP contribution in [0.1, 0.15) is 19.4 Å². The topological polar surface area (TPSA) is 70.0 Å². The van der Waals surface area contributed by atoms with Crippen molar-refractivity contribution >= 4 is 21.6 Å². The van der Waals surface area contributed by atoms with Gasteiger partial charge in [0.2, 0.25) is 0 Å². The van der Waals surface area contributed by atoms with Crippen LogP contribution >= 0.6 is 11.8 Å². The molecule has 0 saturated heterocycles. The van der Waals surface area contributed by atoms with Crippen molar-refractivity contribution in [1.29, 1.82) is 5.26 Å². The molecule has 1 aromatic carbocycles. The van der Waals surface area contributed by atoms with Crippen LogP contribution in [0.5, 0.6) is 0 Å². The van der Waals surface area contributed by atoms with Gasteiger partial charge in [0.05, 0.1) is 22.3 Å². The second-order valence-corrected chi connectivity index (χ2v) is 8.72. The summed E-state index contributed by atoms with van der Waals surface area (Å²) in [6.07, 6.45) is 2.04. The molecule has 0 heterocycles. The van der Waals surface area contributed by atoms with Crippen molar-refractivity contribution in [3.8, 4) is 6.07 Å². The number of rotatable bonds is 7. The first kappa shape index (κ1) is 17.0. The highest BCUT2D eigenvalue weighted by Gasteiger charge is 2.17. The number of nitrogens with zero attached hydrogens (tertiary/aromatic N) is 1. The molecule has 1 N–H and O–H groups in total. The van der Waals surface area contributed by atoms with E-state index in [9.17, 15) is 8.42 Å². The minimum Gasteiger partial charge on any atom is -0.314 e. The molecule has 0 spiro atoms. The Bertz CT molecular complexity index is 572. The van der Waals surface area contributed by atoms with Crippen LogP contribution in [0.15, 0.2) is 29.2 Å². The maximum absolute atomic E-state index is 12.1. The third-order valence-corrected chi connectivity index (χ3v) is 5.97. The molecule has 0 bridgehead atoms. The second kappa shape index (κ2) is 7.11. The lowest BCUT2D eigenvalue weighted by Crippen LogP contribution is -2.34. The van der Waals surface area contributed by atoms with E-state index < -0.39 is 9.84 Å². The van der Waals surface area contributed by atoms with Crippen molar-refractivity contribution in [2.24, 2.45) is 0 Å². The monoisotopic (exact) mass is 312 g/mol. The Morgan fingerprint density at radius 1 is 1.30 bits per heavy atom. The van der Waals surface area contributed by atoms with Gasteiger partial charge in [-0.25, -0.2) is 8.42 Å². The number of hydrogen-bond acceptors (Lipinski definition) is 5. The van der Waals surface area contributed by atoms with Crippen LogP contribution in [-0.4, -0.2) is 38.3 Å². The summed E-state index contributed by atoms with van der Waals surface area (Å²) in [5.41, 5.74) is 0.462. The fraction of sp³-hybridized carbons (Fsp3) is 0.500. The molecule has 0 amide bonds. The largest absolute Gasteiger partial charge is 0.314 e. The van der Waals surface area contributed by atoms with Crippen LogP contribution in [0, 0.1) is 11.3 Å². The zero-order valence-corrected chi connectivity index (χ0v) is 13.6. The Kier molecular flexibility index (Phi) is 6.06. The number of benzene rings is 1. The van der Waals surface area contributed by atoms with Gasteiger partial charge in [-0.2, -0.15) is 17.0 Å². The molecule has 20 heavy (non-hydrogen) atoms. The molecule has 1 rings (SSSR count). The van der Waals surface area contributed by atoms with Crippen LogP contribution in [0.2, 0.25) is 0 Å². The Hall–Kier alpha value is -1.03. The molecule has 0 saturated carbocycles. The van der Waals surface area contributed by atoms with Gasteiger partial charge < -0.3 is 5.32 Å². The predicted molar refractivity (Wildman–Crippen MR) is 83.7 cm³/mol. The van der Waals surface area contributed by atoms with E-state index in [0.717, 1.165) is 6.54 Å². The highest BCUT2D eigenvalue weighted by Crippen LogP contribution is 2.19. The van der Waals surface area contributed by atoms with E-state index in [2.05, 4.69) is 19.2 Å². The van der Waals surface area contributed by atoms with Crippen LogP contribution < -0.4 is 5.32 Å². The molecular weight excluding hydrogens is 292 g/mol. The van der Waals surface area contributed by atoms with Crippen molar-refractivity contribution in [1.82, 2.24) is 5.32 Å². The summed E-state index contributed by atoms with van der Waals surface area (Å²) in [4.78, 5) is 0.266. The van der Waals surface area contributed by atoms with E-state index in [1.807, 2.05) is 12.3 Å². The number of nitrogens with one attached hydrogen (secondary N) is 1. The Labute approximate surface area is 125 Å². The van der Waals surface area contributed by atoms with Gasteiger partial charge in [0.25, 0.3) is 0 Å². The number of thioether (sulfide) groups is 1. The summed E-state index contributed by atoms with van der Waals surface area (Å²) >= 11 is 1.74. The van der Waals surface area contributed by atoms with Crippen molar-refractivity contribution in [3.63, 3.8) is 0 Å². The van der Waals surface area contributed by atoms with Crippen LogP contribution in [0.3, 0.4) is 0 Å². The fourth-order valence-corrected chi connectivity index (χ4v) is 2.97. The molecular formula is C14H20N2O2S2. The summed E-state index contributed by atoms with van der Waals surface area (Å²) in [5, 5.41) is 11.9. The second-order valence-electron chi connectivity index (χ2n) is 5.10. The average molecular weight is 312 g/mol. The molecule has 0 aromatic heterocycles. The first-order valence-electron chi connectivity index (χ1n) is 6.29. The first-order chi connectivity index (χ1) is 9.30. The molecule has 1 aromatic rings. The van der Waals surface area contributed by atoms with Crippen LogP contribution in [0.25, 0.3) is 0 Å². The Balaban J connectivity index is 2.56. The minimum absolute atomic E-state index is 0.0589. The van der Waals surface area contributed by atoms with Gasteiger partial charge in [0, 0.05) is 17.8 Å². The predicted octanol–water partition coefficient (Wildman–Crippen LogP) is 2.06. The lowest BCUT2D eigenvalue weighted by atomic mass is 10.2. The van der Waals surface area contributed by atoms with Crippen molar-refractivity contribution in [3.05, 3.63) is 29.8 Å². The number of hydrogen-bond donors (Lipinski definition) is 1. The maximum atomic E-state index is 12.1. The summed E-state index contributed by atoms with van der Waals surface area (Å²) in [6.45, 7) is 5.41. The molecule has 6 heteroatoms. The van der Waals surface area contributed by atoms with Gasteiger partial charge in [-0.1, -0.05) is 0 Å². The van der Waals surface area contributed by atoms with E-state index in [1.54, 1.807) is 11.8 Å². The molecule has 0 radical (unpaired) electrons. The third kappa shape index (κ3) is 5.16. The first-order valence-corrected chi connectivity index (χ1v) is 9.17. The summed E-state index contributed by atoms with van der Waals surface area (Å²) < 4.78 is 24.3. The molecule has 0 aliphatic carbocycles. The standard InChI is InChI=1S/C14H20N2O2S2/c1-14(2,19-3)11-16-8-9-20(17,18)13-6-4-12(10-15)5-7-13/h4-7,16H,8-9,11H2,1-3H3. The molecule has 0 unspecified atom stereocenters. The molecule has 0 aliphatic rings. The zero-order valence-electron chi connectivity index (χ0n) is 12.0. The van der Waals surface area contributed by atoms with E-state index in [1.165, 1.54) is 24.3 Å². The van der Waals surface area contributed by atoms with Gasteiger partial charge in [-0.05, 0) is 44.4 Å². The van der Waals surface area contributed by atoms with E-state index >= 15 is 0 Å². The average Bonchev–Trinajstić information content (AvgIpc) is 2.44. The highest BCUT2D eigenvalue weighted by molar-refractivity contribution is 7.99. The number of nitriles is 1. The fourth-order valence-electron chi connectivity index (χ4n) is 1.52. The lowest BCUT2D eigenvalue weighted by Gasteiger charge is -2.22. The van der Waals surface area contributed by atoms with E-state index in [0.29, 0.717) is 12.1 Å². The van der Waals surface area contributed by atoms with Crippen molar-refractivity contribution in [2.75, 3.05) is 25.1 Å². The van der Waals surface area contributed by atoms with Gasteiger partial charge in [-0.3, -0.25) is 0 Å². The SMILES string of the molecule is CSC(C)(C)CNCCS(=O)(=O)c1ccc(C#N)cc1. The van der Waals surface area contributed by atoms with E-state index in [-0.39, 0.29) is 15.4 Å². The summed E-state index contributed by atoms with van der Waals surface area (Å²) in [6, 6.07) is 7.99. The molecule has 110 valence electrons. The Morgan fingerprint density at radius 2 is 1.90 bits per heavy atom. The van der Waals surface area contributed by atoms with Gasteiger partial charge in [-0.15, -0.1) is 0 Å². The van der Waals surface area contributed by atoms with Gasteiger partial charge >= 0.3 is 0 Å². The van der Waals surface area contributed by atoms with Gasteiger partial charge in [0.1, 0.15) is 0 Å². The normalized spacial score (nSPS) is 12.1. The smallest absolute Gasteiger partial charge is 0.179 e. The highest BCUT2D eigenvalue weighted by atomic mass is 32.2. The summed E-state index contributed by atoms with van der Waals surface area (Å²) in [7, 11) is -3.29. The minimum atomic E-state index is -3.29. The number of sulfone groups is 1. The molecule has 0 atom stereocenters. The Morgan fingerprint density at radius 3 is 2.40 bits per heavy atom. The molecule has 0 aliphatic heterocycles. The van der Waals surface area contributed by atoms with Crippen LogP contribution in [-0.2, 0) is 9.84 Å². The molecule has 0 fully saturated rings. The maximum Gasteiger partial charge on any atom is 0.179 e. The van der Waals surface area contributed by atoms with Crippen molar-refractivity contribution in [2.45, 2.75) is 23.5 Å². The molecule has 4 nitrogen and oxygen atoms in total. The van der Waals surface area contributed by atoms with E-state index in [4.69, 9.17) is 5.26 Å². The quantitative estimate of drug-likeness (QED) is 0.780. The van der Waals surface area contributed by atoms with Crippen LogP contribution in [0.4, 0.5) is 0 Å². The van der Waals surface area contributed by atoms with Gasteiger partial charge in [0.15, 0.2) is 9.84 Å². The van der Waals surface area contributed by atoms with Crippen molar-refractivity contribution < 1.29 is 8.42 Å². The lowest BCUT2D eigenvalue weighted by molar-refractivity contribution is 0.579. The summed E-state index contributed by atoms with van der Waals surface area (Å²) in [5.74, 6) is 0.0589.